The maximum absolute atomic E-state index is 13.7. The second-order valence-corrected chi connectivity index (χ2v) is 12.9. The van der Waals surface area contributed by atoms with Crippen molar-refractivity contribution in [1.82, 2.24) is 15.0 Å². The number of nitrogens with one attached hydrogen (secondary N) is 1. The van der Waals surface area contributed by atoms with Gasteiger partial charge in [0.2, 0.25) is 0 Å². The number of aliphatic hydroxyl groups is 1. The first-order chi connectivity index (χ1) is 18.5. The standard InChI is InChI=1S/C28H42N4O6S/c1-18-14-32(19(2)17-33)28(34)24-13-23(30-39(35,36)27-20(3)29-38-21(27)4)11-12-25(24)37-26(18)16-31(5)15-22-9-7-6-8-10-22/h11-13,18-19,22,26,30,33H,6-10,14-17H2,1-5H3/t18-,19+,26+/m1/s1. The Morgan fingerprint density at radius 3 is 2.56 bits per heavy atom. The molecule has 0 radical (unpaired) electrons. The largest absolute Gasteiger partial charge is 0.488 e. The van der Waals surface area contributed by atoms with Crippen molar-refractivity contribution in [3.8, 4) is 5.75 Å². The monoisotopic (exact) mass is 562 g/mol. The van der Waals surface area contributed by atoms with E-state index < -0.39 is 16.1 Å². The highest BCUT2D eigenvalue weighted by atomic mass is 32.2. The minimum Gasteiger partial charge on any atom is -0.488 e. The Balaban J connectivity index is 1.62. The number of nitrogens with zero attached hydrogens (tertiary/aromatic N) is 3. The lowest BCUT2D eigenvalue weighted by molar-refractivity contribution is 0.0330. The molecule has 0 saturated heterocycles. The number of hydrogen-bond acceptors (Lipinski definition) is 8. The van der Waals surface area contributed by atoms with Crippen molar-refractivity contribution in [3.63, 3.8) is 0 Å². The molecule has 2 N–H and O–H groups in total. The zero-order chi connectivity index (χ0) is 28.3. The van der Waals surface area contributed by atoms with Crippen LogP contribution in [0, 0.1) is 25.7 Å². The normalized spacial score (nSPS) is 21.7. The highest BCUT2D eigenvalue weighted by Gasteiger charge is 2.34. The molecular weight excluding hydrogens is 520 g/mol. The molecule has 1 amide bonds. The number of ether oxygens (including phenoxy) is 1. The van der Waals surface area contributed by atoms with E-state index in [1.54, 1.807) is 30.9 Å². The van der Waals surface area contributed by atoms with Crippen molar-refractivity contribution < 1.29 is 27.6 Å². The van der Waals surface area contributed by atoms with E-state index in [0.717, 1.165) is 6.54 Å². The van der Waals surface area contributed by atoms with Gasteiger partial charge in [-0.15, -0.1) is 0 Å². The highest BCUT2D eigenvalue weighted by molar-refractivity contribution is 7.92. The number of carbonyl (C=O) groups is 1. The summed E-state index contributed by atoms with van der Waals surface area (Å²) in [6, 6.07) is 4.33. The zero-order valence-electron chi connectivity index (χ0n) is 23.6. The van der Waals surface area contributed by atoms with Crippen LogP contribution in [0.3, 0.4) is 0 Å². The van der Waals surface area contributed by atoms with Crippen molar-refractivity contribution in [2.45, 2.75) is 76.8 Å². The molecular formula is C28H42N4O6S. The van der Waals surface area contributed by atoms with Gasteiger partial charge in [0.1, 0.15) is 17.5 Å². The van der Waals surface area contributed by atoms with Crippen LogP contribution < -0.4 is 9.46 Å². The van der Waals surface area contributed by atoms with E-state index in [9.17, 15) is 18.3 Å². The molecule has 1 saturated carbocycles. The van der Waals surface area contributed by atoms with Gasteiger partial charge in [0, 0.05) is 31.2 Å². The third kappa shape index (κ3) is 6.75. The molecule has 1 fully saturated rings. The lowest BCUT2D eigenvalue weighted by atomic mass is 9.89. The van der Waals surface area contributed by atoms with Gasteiger partial charge >= 0.3 is 0 Å². The van der Waals surface area contributed by atoms with E-state index >= 15 is 0 Å². The molecule has 0 unspecified atom stereocenters. The second-order valence-electron chi connectivity index (χ2n) is 11.3. The molecule has 1 aliphatic heterocycles. The van der Waals surface area contributed by atoms with Gasteiger partial charge in [-0.1, -0.05) is 31.3 Å². The zero-order valence-corrected chi connectivity index (χ0v) is 24.5. The van der Waals surface area contributed by atoms with Gasteiger partial charge in [-0.25, -0.2) is 8.42 Å². The number of aliphatic hydroxyl groups excluding tert-OH is 1. The molecule has 0 spiro atoms. The first-order valence-electron chi connectivity index (χ1n) is 13.9. The highest BCUT2D eigenvalue weighted by Crippen LogP contribution is 2.32. The van der Waals surface area contributed by atoms with Gasteiger partial charge in [0.05, 0.1) is 18.2 Å². The van der Waals surface area contributed by atoms with E-state index in [0.29, 0.717) is 24.8 Å². The van der Waals surface area contributed by atoms with Crippen LogP contribution in [0.2, 0.25) is 0 Å². The number of benzene rings is 1. The number of rotatable bonds is 9. The Labute approximate surface area is 231 Å². The fourth-order valence-corrected chi connectivity index (χ4v) is 7.14. The molecule has 4 rings (SSSR count). The number of sulfonamides is 1. The van der Waals surface area contributed by atoms with Crippen molar-refractivity contribution >= 4 is 21.6 Å². The van der Waals surface area contributed by atoms with Gasteiger partial charge in [-0.3, -0.25) is 9.52 Å². The molecule has 1 aliphatic carbocycles. The second kappa shape index (κ2) is 12.3. The van der Waals surface area contributed by atoms with Crippen molar-refractivity contribution in [2.24, 2.45) is 11.8 Å². The van der Waals surface area contributed by atoms with Gasteiger partial charge < -0.3 is 24.2 Å². The van der Waals surface area contributed by atoms with Gasteiger partial charge in [0.25, 0.3) is 15.9 Å². The summed E-state index contributed by atoms with van der Waals surface area (Å²) >= 11 is 0. The lowest BCUT2D eigenvalue weighted by Crippen LogP contribution is -2.50. The summed E-state index contributed by atoms with van der Waals surface area (Å²) in [7, 11) is -1.87. The molecule has 2 aliphatic rings. The third-order valence-electron chi connectivity index (χ3n) is 7.94. The van der Waals surface area contributed by atoms with E-state index in [4.69, 9.17) is 9.26 Å². The predicted molar refractivity (Wildman–Crippen MR) is 148 cm³/mol. The first kappa shape index (κ1) is 29.4. The summed E-state index contributed by atoms with van der Waals surface area (Å²) in [5.41, 5.74) is 0.728. The molecule has 39 heavy (non-hydrogen) atoms. The first-order valence-corrected chi connectivity index (χ1v) is 15.3. The lowest BCUT2D eigenvalue weighted by Gasteiger charge is -2.38. The van der Waals surface area contributed by atoms with E-state index in [2.05, 4.69) is 28.8 Å². The number of amides is 1. The average Bonchev–Trinajstić information content (AvgIpc) is 3.25. The maximum Gasteiger partial charge on any atom is 0.267 e. The Kier molecular flexibility index (Phi) is 9.23. The molecule has 2 heterocycles. The average molecular weight is 563 g/mol. The molecule has 11 heteroatoms. The number of hydrogen-bond donors (Lipinski definition) is 2. The molecule has 0 bridgehead atoms. The number of aryl methyl sites for hydroxylation is 2. The van der Waals surface area contributed by atoms with E-state index in [1.807, 2.05) is 0 Å². The number of carbonyl (C=O) groups excluding carboxylic acids is 1. The summed E-state index contributed by atoms with van der Waals surface area (Å²) in [5, 5.41) is 13.7. The van der Waals surface area contributed by atoms with Crippen molar-refractivity contribution in [2.75, 3.05) is 38.0 Å². The van der Waals surface area contributed by atoms with Crippen LogP contribution in [0.25, 0.3) is 0 Å². The summed E-state index contributed by atoms with van der Waals surface area (Å²) in [4.78, 5) is 17.7. The number of aromatic nitrogens is 1. The van der Waals surface area contributed by atoms with Crippen molar-refractivity contribution in [1.29, 1.82) is 0 Å². The third-order valence-corrected chi connectivity index (χ3v) is 9.56. The molecule has 216 valence electrons. The fourth-order valence-electron chi connectivity index (χ4n) is 5.76. The Bertz CT molecular complexity index is 1240. The van der Waals surface area contributed by atoms with E-state index in [-0.39, 0.29) is 52.1 Å². The molecule has 2 aromatic rings. The number of fused-ring (bicyclic) bond motifs is 1. The maximum atomic E-state index is 13.7. The van der Waals surface area contributed by atoms with Crippen LogP contribution in [0.5, 0.6) is 5.75 Å². The van der Waals surface area contributed by atoms with Crippen LogP contribution in [0.1, 0.15) is 67.8 Å². The number of anilines is 1. The summed E-state index contributed by atoms with van der Waals surface area (Å²) in [6.07, 6.45) is 6.24. The SMILES string of the molecule is Cc1noc(C)c1S(=O)(=O)Nc1ccc2c(c1)C(=O)N([C@@H](C)CO)C[C@@H](C)[C@H](CN(C)CC1CCCCC1)O2. The summed E-state index contributed by atoms with van der Waals surface area (Å²) < 4.78 is 40.3. The van der Waals surface area contributed by atoms with Gasteiger partial charge in [-0.05, 0) is 64.8 Å². The molecule has 10 nitrogen and oxygen atoms in total. The van der Waals surface area contributed by atoms with Crippen molar-refractivity contribution in [3.05, 3.63) is 35.2 Å². The minimum atomic E-state index is -3.99. The fraction of sp³-hybridized carbons (Fsp3) is 0.643. The Hall–Kier alpha value is -2.63. The quantitative estimate of drug-likeness (QED) is 0.473. The predicted octanol–water partition coefficient (Wildman–Crippen LogP) is 3.82. The van der Waals surface area contributed by atoms with E-state index in [1.165, 1.54) is 45.1 Å². The molecule has 3 atom stereocenters. The smallest absolute Gasteiger partial charge is 0.267 e. The van der Waals surface area contributed by atoms with Gasteiger partial charge in [0.15, 0.2) is 10.7 Å². The summed E-state index contributed by atoms with van der Waals surface area (Å²) in [6.45, 7) is 8.92. The van der Waals surface area contributed by atoms with Gasteiger partial charge in [-0.2, -0.15) is 0 Å². The van der Waals surface area contributed by atoms with Crippen LogP contribution in [-0.4, -0.2) is 79.8 Å². The molecule has 1 aromatic carbocycles. The Morgan fingerprint density at radius 1 is 1.21 bits per heavy atom. The number of likely N-dealkylation sites (N-methyl/N-ethyl adjacent to an activating group) is 1. The Morgan fingerprint density at radius 2 is 1.92 bits per heavy atom. The topological polar surface area (TPSA) is 125 Å². The minimum absolute atomic E-state index is 0.0163. The van der Waals surface area contributed by atoms with Crippen LogP contribution in [0.4, 0.5) is 5.69 Å². The van der Waals surface area contributed by atoms with Crippen LogP contribution >= 0.6 is 0 Å². The molecule has 1 aromatic heterocycles. The van der Waals surface area contributed by atoms with Crippen LogP contribution in [-0.2, 0) is 10.0 Å². The van der Waals surface area contributed by atoms with Crippen LogP contribution in [0.15, 0.2) is 27.6 Å². The summed E-state index contributed by atoms with van der Waals surface area (Å²) in [5.74, 6) is 0.981.